The SMILES string of the molecule is CS(=O)(=O)NC1CCNC2(CCC2)C1. The zero-order chi connectivity index (χ0) is 10.2. The first-order chi connectivity index (χ1) is 6.49. The van der Waals surface area contributed by atoms with Crippen LogP contribution in [0.2, 0.25) is 0 Å². The molecule has 2 aliphatic rings. The van der Waals surface area contributed by atoms with Gasteiger partial charge in [0.25, 0.3) is 0 Å². The molecular formula is C9H18N2O2S. The molecule has 1 aliphatic carbocycles. The predicted molar refractivity (Wildman–Crippen MR) is 55.6 cm³/mol. The summed E-state index contributed by atoms with van der Waals surface area (Å²) < 4.78 is 24.9. The van der Waals surface area contributed by atoms with Gasteiger partial charge >= 0.3 is 0 Å². The highest BCUT2D eigenvalue weighted by atomic mass is 32.2. The van der Waals surface area contributed by atoms with Crippen molar-refractivity contribution in [1.29, 1.82) is 0 Å². The van der Waals surface area contributed by atoms with Crippen LogP contribution >= 0.6 is 0 Å². The summed E-state index contributed by atoms with van der Waals surface area (Å²) >= 11 is 0. The Morgan fingerprint density at radius 1 is 1.43 bits per heavy atom. The lowest BCUT2D eigenvalue weighted by molar-refractivity contribution is 0.126. The number of sulfonamides is 1. The standard InChI is InChI=1S/C9H18N2O2S/c1-14(12,13)11-8-3-6-10-9(7-8)4-2-5-9/h8,10-11H,2-7H2,1H3. The van der Waals surface area contributed by atoms with Gasteiger partial charge in [-0.25, -0.2) is 13.1 Å². The van der Waals surface area contributed by atoms with Crippen LogP contribution < -0.4 is 10.0 Å². The highest BCUT2D eigenvalue weighted by Gasteiger charge is 2.41. The summed E-state index contributed by atoms with van der Waals surface area (Å²) in [5.41, 5.74) is 0.264. The second-order valence-electron chi connectivity index (χ2n) is 4.64. The molecular weight excluding hydrogens is 200 g/mol. The van der Waals surface area contributed by atoms with Crippen LogP contribution in [0.15, 0.2) is 0 Å². The average molecular weight is 218 g/mol. The van der Waals surface area contributed by atoms with E-state index in [-0.39, 0.29) is 11.6 Å². The summed E-state index contributed by atoms with van der Waals surface area (Å²) in [5.74, 6) is 0. The summed E-state index contributed by atoms with van der Waals surface area (Å²) in [6.45, 7) is 0.938. The Balaban J connectivity index is 1.94. The smallest absolute Gasteiger partial charge is 0.208 e. The van der Waals surface area contributed by atoms with E-state index in [9.17, 15) is 8.42 Å². The van der Waals surface area contributed by atoms with E-state index >= 15 is 0 Å². The molecule has 0 aromatic rings. The fourth-order valence-corrected chi connectivity index (χ4v) is 3.35. The van der Waals surface area contributed by atoms with Gasteiger partial charge in [-0.3, -0.25) is 0 Å². The monoisotopic (exact) mass is 218 g/mol. The van der Waals surface area contributed by atoms with Gasteiger partial charge in [0.1, 0.15) is 0 Å². The van der Waals surface area contributed by atoms with Gasteiger partial charge in [-0.1, -0.05) is 0 Å². The second kappa shape index (κ2) is 3.47. The van der Waals surface area contributed by atoms with Gasteiger partial charge in [-0.15, -0.1) is 0 Å². The second-order valence-corrected chi connectivity index (χ2v) is 6.42. The van der Waals surface area contributed by atoms with Crippen LogP contribution in [0, 0.1) is 0 Å². The number of nitrogens with one attached hydrogen (secondary N) is 2. The van der Waals surface area contributed by atoms with Crippen LogP contribution in [0.25, 0.3) is 0 Å². The van der Waals surface area contributed by atoms with Crippen molar-refractivity contribution in [3.05, 3.63) is 0 Å². The van der Waals surface area contributed by atoms with Crippen molar-refractivity contribution < 1.29 is 8.42 Å². The molecule has 82 valence electrons. The predicted octanol–water partition coefficient (Wildman–Crippen LogP) is 0.210. The highest BCUT2D eigenvalue weighted by molar-refractivity contribution is 7.88. The average Bonchev–Trinajstić information content (AvgIpc) is 1.99. The molecule has 0 aromatic carbocycles. The maximum atomic E-state index is 11.1. The first-order valence-corrected chi connectivity index (χ1v) is 7.11. The number of hydrogen-bond donors (Lipinski definition) is 2. The molecule has 1 saturated heterocycles. The van der Waals surface area contributed by atoms with E-state index in [1.165, 1.54) is 25.5 Å². The topological polar surface area (TPSA) is 58.2 Å². The fourth-order valence-electron chi connectivity index (χ4n) is 2.55. The van der Waals surface area contributed by atoms with Gasteiger partial charge in [-0.2, -0.15) is 0 Å². The maximum Gasteiger partial charge on any atom is 0.208 e. The van der Waals surface area contributed by atoms with Gasteiger partial charge < -0.3 is 5.32 Å². The summed E-state index contributed by atoms with van der Waals surface area (Å²) in [6, 6.07) is 0.145. The third-order valence-corrected chi connectivity index (χ3v) is 4.08. The Morgan fingerprint density at radius 3 is 2.64 bits per heavy atom. The summed E-state index contributed by atoms with van der Waals surface area (Å²) in [7, 11) is -3.04. The Hall–Kier alpha value is -0.130. The van der Waals surface area contributed by atoms with Gasteiger partial charge in [-0.05, 0) is 38.6 Å². The van der Waals surface area contributed by atoms with E-state index in [1.54, 1.807) is 0 Å². The Kier molecular flexibility index (Phi) is 2.57. The van der Waals surface area contributed by atoms with Gasteiger partial charge in [0.15, 0.2) is 0 Å². The largest absolute Gasteiger partial charge is 0.311 e. The quantitative estimate of drug-likeness (QED) is 0.696. The highest BCUT2D eigenvalue weighted by Crippen LogP contribution is 2.38. The van der Waals surface area contributed by atoms with Crippen molar-refractivity contribution in [1.82, 2.24) is 10.0 Å². The molecule has 1 unspecified atom stereocenters. The molecule has 14 heavy (non-hydrogen) atoms. The van der Waals surface area contributed by atoms with E-state index in [2.05, 4.69) is 10.0 Å². The molecule has 1 saturated carbocycles. The van der Waals surface area contributed by atoms with Crippen molar-refractivity contribution in [3.63, 3.8) is 0 Å². The van der Waals surface area contributed by atoms with E-state index < -0.39 is 10.0 Å². The molecule has 2 rings (SSSR count). The summed E-state index contributed by atoms with van der Waals surface area (Å²) in [5, 5.41) is 3.51. The van der Waals surface area contributed by atoms with E-state index in [4.69, 9.17) is 0 Å². The zero-order valence-electron chi connectivity index (χ0n) is 8.54. The van der Waals surface area contributed by atoms with E-state index in [0.29, 0.717) is 0 Å². The first-order valence-electron chi connectivity index (χ1n) is 5.22. The van der Waals surface area contributed by atoms with Crippen LogP contribution in [0.3, 0.4) is 0 Å². The van der Waals surface area contributed by atoms with Crippen LogP contribution in [0.1, 0.15) is 32.1 Å². The molecule has 0 bridgehead atoms. The number of hydrogen-bond acceptors (Lipinski definition) is 3. The minimum atomic E-state index is -3.04. The molecule has 0 radical (unpaired) electrons. The number of rotatable bonds is 2. The summed E-state index contributed by atoms with van der Waals surface area (Å²) in [4.78, 5) is 0. The Labute approximate surface area is 85.5 Å². The molecule has 1 aliphatic heterocycles. The lowest BCUT2D eigenvalue weighted by atomic mass is 9.70. The molecule has 1 spiro atoms. The van der Waals surface area contributed by atoms with Crippen molar-refractivity contribution in [3.8, 4) is 0 Å². The fraction of sp³-hybridized carbons (Fsp3) is 1.00. The molecule has 2 N–H and O–H groups in total. The van der Waals surface area contributed by atoms with Crippen molar-refractivity contribution in [2.24, 2.45) is 0 Å². The lowest BCUT2D eigenvalue weighted by Crippen LogP contribution is -2.59. The van der Waals surface area contributed by atoms with Crippen LogP contribution in [0.4, 0.5) is 0 Å². The molecule has 5 heteroatoms. The molecule has 1 atom stereocenters. The minimum Gasteiger partial charge on any atom is -0.311 e. The van der Waals surface area contributed by atoms with Crippen LogP contribution in [0.5, 0.6) is 0 Å². The van der Waals surface area contributed by atoms with Crippen molar-refractivity contribution in [2.75, 3.05) is 12.8 Å². The molecule has 1 heterocycles. The molecule has 2 fully saturated rings. The number of piperidine rings is 1. The normalized spacial score (nSPS) is 31.4. The van der Waals surface area contributed by atoms with Crippen molar-refractivity contribution in [2.45, 2.75) is 43.7 Å². The zero-order valence-corrected chi connectivity index (χ0v) is 9.36. The van der Waals surface area contributed by atoms with Gasteiger partial charge in [0, 0.05) is 11.6 Å². The lowest BCUT2D eigenvalue weighted by Gasteiger charge is -2.48. The molecule has 0 amide bonds. The van der Waals surface area contributed by atoms with Crippen LogP contribution in [-0.2, 0) is 10.0 Å². The van der Waals surface area contributed by atoms with E-state index in [1.807, 2.05) is 0 Å². The van der Waals surface area contributed by atoms with E-state index in [0.717, 1.165) is 19.4 Å². The van der Waals surface area contributed by atoms with Gasteiger partial charge in [0.05, 0.1) is 6.26 Å². The molecule has 0 aromatic heterocycles. The Bertz CT molecular complexity index is 309. The molecule has 4 nitrogen and oxygen atoms in total. The van der Waals surface area contributed by atoms with Gasteiger partial charge in [0.2, 0.25) is 10.0 Å². The van der Waals surface area contributed by atoms with Crippen molar-refractivity contribution >= 4 is 10.0 Å². The summed E-state index contributed by atoms with van der Waals surface area (Å²) in [6.07, 6.45) is 6.79. The third-order valence-electron chi connectivity index (χ3n) is 3.32. The third kappa shape index (κ3) is 2.27. The minimum absolute atomic E-state index is 0.145. The first kappa shape index (κ1) is 10.4. The van der Waals surface area contributed by atoms with Crippen LogP contribution in [-0.4, -0.2) is 32.8 Å². The Morgan fingerprint density at radius 2 is 2.14 bits per heavy atom. The maximum absolute atomic E-state index is 11.1.